The molecule has 0 aromatic heterocycles. The van der Waals surface area contributed by atoms with Gasteiger partial charge in [-0.1, -0.05) is 48.5 Å². The maximum atomic E-state index is 12.9. The molecule has 19 heavy (non-hydrogen) atoms. The van der Waals surface area contributed by atoms with Gasteiger partial charge in [0.1, 0.15) is 18.6 Å². The lowest BCUT2D eigenvalue weighted by Gasteiger charge is -2.42. The quantitative estimate of drug-likeness (QED) is 0.658. The van der Waals surface area contributed by atoms with Crippen LogP contribution in [0.25, 0.3) is 6.08 Å². The highest BCUT2D eigenvalue weighted by Gasteiger charge is 2.25. The Morgan fingerprint density at radius 1 is 1.00 bits per heavy atom. The molecule has 3 nitrogen and oxygen atoms in total. The van der Waals surface area contributed by atoms with Crippen LogP contribution >= 0.6 is 0 Å². The number of hydrogen-bond donors (Lipinski definition) is 1. The minimum absolute atomic E-state index is 0.375. The Morgan fingerprint density at radius 3 is 2.58 bits per heavy atom. The summed E-state index contributed by atoms with van der Waals surface area (Å²) in [5.41, 5.74) is 2.94. The minimum Gasteiger partial charge on any atom is -0.621 e. The third-order valence-electron chi connectivity index (χ3n) is 3.37. The zero-order chi connectivity index (χ0) is 13.1. The van der Waals surface area contributed by atoms with E-state index in [1.165, 1.54) is 0 Å². The van der Waals surface area contributed by atoms with Crippen molar-refractivity contribution in [2.45, 2.75) is 6.54 Å². The van der Waals surface area contributed by atoms with Crippen molar-refractivity contribution in [2.75, 3.05) is 6.67 Å². The monoisotopic (exact) mass is 252 g/mol. The molecule has 0 saturated heterocycles. The van der Waals surface area contributed by atoms with Crippen LogP contribution in [-0.4, -0.2) is 6.67 Å². The summed E-state index contributed by atoms with van der Waals surface area (Å²) in [7, 11) is 0. The lowest BCUT2D eigenvalue weighted by atomic mass is 10.1. The van der Waals surface area contributed by atoms with Crippen LogP contribution in [0.4, 0.5) is 5.69 Å². The molecular weight excluding hydrogens is 236 g/mol. The number of hydroxylamine groups is 2. The molecule has 1 N–H and O–H groups in total. The van der Waals surface area contributed by atoms with E-state index >= 15 is 0 Å². The van der Waals surface area contributed by atoms with Gasteiger partial charge in [0.05, 0.1) is 0 Å². The number of rotatable bonds is 2. The molecule has 0 bridgehead atoms. The number of hydrogen-bond acceptors (Lipinski definition) is 2. The van der Waals surface area contributed by atoms with Gasteiger partial charge < -0.3 is 5.21 Å². The molecule has 0 aliphatic carbocycles. The van der Waals surface area contributed by atoms with Crippen LogP contribution in [-0.2, 0) is 6.54 Å². The Labute approximate surface area is 113 Å². The van der Waals surface area contributed by atoms with Crippen LogP contribution in [0.5, 0.6) is 0 Å². The van der Waals surface area contributed by atoms with Crippen molar-refractivity contribution in [3.8, 4) is 0 Å². The first kappa shape index (κ1) is 12.1. The van der Waals surface area contributed by atoms with Gasteiger partial charge in [-0.2, -0.15) is 0 Å². The van der Waals surface area contributed by atoms with Gasteiger partial charge in [-0.3, -0.25) is 9.96 Å². The van der Waals surface area contributed by atoms with Crippen LogP contribution in [0.15, 0.2) is 60.8 Å². The van der Waals surface area contributed by atoms with Gasteiger partial charge in [-0.15, -0.1) is 0 Å². The van der Waals surface area contributed by atoms with E-state index in [4.69, 9.17) is 0 Å². The van der Waals surface area contributed by atoms with E-state index in [0.717, 1.165) is 23.4 Å². The highest BCUT2D eigenvalue weighted by molar-refractivity contribution is 5.59. The first-order valence-corrected chi connectivity index (χ1v) is 6.40. The van der Waals surface area contributed by atoms with Crippen molar-refractivity contribution in [3.63, 3.8) is 0 Å². The lowest BCUT2D eigenvalue weighted by Crippen LogP contribution is -2.48. The van der Waals surface area contributed by atoms with Crippen molar-refractivity contribution in [1.82, 2.24) is 9.96 Å². The van der Waals surface area contributed by atoms with Crippen molar-refractivity contribution in [3.05, 3.63) is 77.1 Å². The van der Waals surface area contributed by atoms with E-state index in [0.29, 0.717) is 6.67 Å². The van der Waals surface area contributed by atoms with E-state index in [9.17, 15) is 5.21 Å². The summed E-state index contributed by atoms with van der Waals surface area (Å²) in [4.78, 5) is 0. The molecule has 0 radical (unpaired) electrons. The summed E-state index contributed by atoms with van der Waals surface area (Å²) >= 11 is 0. The number of para-hydroxylation sites is 1. The van der Waals surface area contributed by atoms with Crippen molar-refractivity contribution < 1.29 is 0 Å². The molecule has 3 heteroatoms. The predicted octanol–water partition coefficient (Wildman–Crippen LogP) is 3.22. The zero-order valence-corrected chi connectivity index (χ0v) is 10.6. The topological polar surface area (TPSA) is 35.1 Å². The maximum Gasteiger partial charge on any atom is 0.143 e. The Kier molecular flexibility index (Phi) is 3.17. The third kappa shape index (κ3) is 2.44. The number of quaternary nitrogens is 1. The van der Waals surface area contributed by atoms with Crippen molar-refractivity contribution >= 4 is 11.8 Å². The van der Waals surface area contributed by atoms with Crippen LogP contribution in [0.3, 0.4) is 0 Å². The standard InChI is InChI=1S/C16H16N2O/c19-18(11-10-14-6-2-1-3-7-14)13-17-12-15-8-4-5-9-16(15)18/h1-11,17H,12-13H2. The molecule has 96 valence electrons. The van der Waals surface area contributed by atoms with Crippen molar-refractivity contribution in [1.29, 1.82) is 0 Å². The predicted molar refractivity (Wildman–Crippen MR) is 78.8 cm³/mol. The largest absolute Gasteiger partial charge is 0.621 e. The molecule has 0 spiro atoms. The lowest BCUT2D eigenvalue weighted by molar-refractivity contribution is 0.408. The number of benzene rings is 2. The third-order valence-corrected chi connectivity index (χ3v) is 3.37. The molecule has 3 rings (SSSR count). The van der Waals surface area contributed by atoms with Crippen LogP contribution < -0.4 is 9.96 Å². The summed E-state index contributed by atoms with van der Waals surface area (Å²) in [5, 5.41) is 16.1. The normalized spacial score (nSPS) is 22.4. The number of fused-ring (bicyclic) bond motifs is 1. The molecule has 0 saturated carbocycles. The molecule has 1 aliphatic rings. The summed E-state index contributed by atoms with van der Waals surface area (Å²) in [6, 6.07) is 17.7. The molecule has 2 aromatic carbocycles. The Morgan fingerprint density at radius 2 is 1.74 bits per heavy atom. The average molecular weight is 252 g/mol. The fraction of sp³-hybridized carbons (Fsp3) is 0.125. The highest BCUT2D eigenvalue weighted by Crippen LogP contribution is 2.30. The molecular formula is C16H16N2O. The van der Waals surface area contributed by atoms with Gasteiger partial charge in [-0.05, 0) is 11.6 Å². The Bertz CT molecular complexity index is 595. The first-order valence-electron chi connectivity index (χ1n) is 6.40. The summed E-state index contributed by atoms with van der Waals surface area (Å²) < 4.78 is -0.453. The van der Waals surface area contributed by atoms with Crippen molar-refractivity contribution in [2.24, 2.45) is 0 Å². The van der Waals surface area contributed by atoms with E-state index in [2.05, 4.69) is 5.32 Å². The second-order valence-corrected chi connectivity index (χ2v) is 4.74. The summed E-state index contributed by atoms with van der Waals surface area (Å²) in [6.07, 6.45) is 3.59. The first-order chi connectivity index (χ1) is 9.28. The molecule has 0 fully saturated rings. The SMILES string of the molecule is [O-][N+]1(C=Cc2ccccc2)CNCc2ccccc21. The zero-order valence-electron chi connectivity index (χ0n) is 10.6. The van der Waals surface area contributed by atoms with Crippen LogP contribution in [0, 0.1) is 5.21 Å². The smallest absolute Gasteiger partial charge is 0.143 e. The van der Waals surface area contributed by atoms with Gasteiger partial charge >= 0.3 is 0 Å². The Balaban J connectivity index is 1.94. The van der Waals surface area contributed by atoms with Gasteiger partial charge in [0.15, 0.2) is 0 Å². The highest BCUT2D eigenvalue weighted by atomic mass is 16.5. The average Bonchev–Trinajstić information content (AvgIpc) is 2.47. The van der Waals surface area contributed by atoms with E-state index in [1.54, 1.807) is 6.20 Å². The molecule has 0 amide bonds. The summed E-state index contributed by atoms with van der Waals surface area (Å²) in [6.45, 7) is 1.14. The van der Waals surface area contributed by atoms with E-state index in [-0.39, 0.29) is 0 Å². The second-order valence-electron chi connectivity index (χ2n) is 4.74. The van der Waals surface area contributed by atoms with Crippen LogP contribution in [0.2, 0.25) is 0 Å². The molecule has 1 heterocycles. The van der Waals surface area contributed by atoms with E-state index < -0.39 is 4.65 Å². The molecule has 2 aromatic rings. The maximum absolute atomic E-state index is 12.9. The number of nitrogens with zero attached hydrogens (tertiary/aromatic N) is 1. The van der Waals surface area contributed by atoms with Gasteiger partial charge in [0, 0.05) is 18.2 Å². The minimum atomic E-state index is -0.453. The molecule has 1 atom stereocenters. The van der Waals surface area contributed by atoms with Gasteiger partial charge in [0.2, 0.25) is 0 Å². The second kappa shape index (κ2) is 4.97. The van der Waals surface area contributed by atoms with E-state index in [1.807, 2.05) is 60.7 Å². The van der Waals surface area contributed by atoms with Gasteiger partial charge in [0.25, 0.3) is 0 Å². The summed E-state index contributed by atoms with van der Waals surface area (Å²) in [5.74, 6) is 0. The van der Waals surface area contributed by atoms with Crippen LogP contribution in [0.1, 0.15) is 11.1 Å². The molecule has 1 unspecified atom stereocenters. The van der Waals surface area contributed by atoms with Gasteiger partial charge in [-0.25, -0.2) is 0 Å². The Hall–Kier alpha value is -1.94. The number of nitrogens with one attached hydrogen (secondary N) is 1. The fourth-order valence-electron chi connectivity index (χ4n) is 2.38. The molecule has 1 aliphatic heterocycles. The fourth-order valence-corrected chi connectivity index (χ4v) is 2.38.